The summed E-state index contributed by atoms with van der Waals surface area (Å²) in [4.78, 5) is 19.6. The Kier molecular flexibility index (Phi) is 6.74. The zero-order valence-electron chi connectivity index (χ0n) is 18.4. The van der Waals surface area contributed by atoms with Gasteiger partial charge in [-0.3, -0.25) is 9.78 Å². The molecular formula is C25H27N3O4S. The van der Waals surface area contributed by atoms with Gasteiger partial charge in [-0.25, -0.2) is 13.4 Å². The number of sulfone groups is 1. The van der Waals surface area contributed by atoms with Gasteiger partial charge in [-0.15, -0.1) is 0 Å². The molecule has 0 amide bonds. The second kappa shape index (κ2) is 9.70. The minimum atomic E-state index is -3.37. The number of pyridine rings is 2. The SMILES string of the molecule is CS(=O)(=O)c1cccc(Nc2ccc(-c3ccc(C4CCC(CC(=O)O)CC4)cc3)nc2)n1. The van der Waals surface area contributed by atoms with Gasteiger partial charge in [0.2, 0.25) is 0 Å². The van der Waals surface area contributed by atoms with E-state index in [0.717, 1.165) is 43.2 Å². The lowest BCUT2D eigenvalue weighted by Crippen LogP contribution is -2.16. The zero-order valence-corrected chi connectivity index (χ0v) is 19.3. The molecule has 0 bridgehead atoms. The molecule has 1 aliphatic carbocycles. The molecule has 4 rings (SSSR count). The van der Waals surface area contributed by atoms with E-state index in [1.165, 1.54) is 11.6 Å². The van der Waals surface area contributed by atoms with Gasteiger partial charge in [-0.2, -0.15) is 0 Å². The van der Waals surface area contributed by atoms with Gasteiger partial charge >= 0.3 is 5.97 Å². The number of nitrogens with zero attached hydrogens (tertiary/aromatic N) is 2. The molecule has 7 nitrogen and oxygen atoms in total. The maximum atomic E-state index is 11.7. The predicted octanol–water partition coefficient (Wildman–Crippen LogP) is 5.04. The highest BCUT2D eigenvalue weighted by Crippen LogP contribution is 2.37. The number of hydrogen-bond donors (Lipinski definition) is 2. The summed E-state index contributed by atoms with van der Waals surface area (Å²) >= 11 is 0. The number of nitrogens with one attached hydrogen (secondary N) is 1. The highest BCUT2D eigenvalue weighted by Gasteiger charge is 2.24. The predicted molar refractivity (Wildman–Crippen MR) is 127 cm³/mol. The first-order valence-corrected chi connectivity index (χ1v) is 12.9. The van der Waals surface area contributed by atoms with E-state index in [1.807, 2.05) is 12.1 Å². The van der Waals surface area contributed by atoms with E-state index in [0.29, 0.717) is 23.3 Å². The van der Waals surface area contributed by atoms with Gasteiger partial charge in [0.25, 0.3) is 0 Å². The van der Waals surface area contributed by atoms with E-state index in [2.05, 4.69) is 39.6 Å². The molecule has 2 heterocycles. The van der Waals surface area contributed by atoms with Crippen LogP contribution in [0, 0.1) is 5.92 Å². The van der Waals surface area contributed by atoms with Gasteiger partial charge in [0.15, 0.2) is 14.9 Å². The number of carboxylic acids is 1. The van der Waals surface area contributed by atoms with Crippen LogP contribution in [0.15, 0.2) is 65.8 Å². The number of rotatable bonds is 7. The lowest BCUT2D eigenvalue weighted by molar-refractivity contribution is -0.138. The third-order valence-corrected chi connectivity index (χ3v) is 7.11. The van der Waals surface area contributed by atoms with Crippen LogP contribution in [0.3, 0.4) is 0 Å². The highest BCUT2D eigenvalue weighted by molar-refractivity contribution is 7.90. The van der Waals surface area contributed by atoms with Crippen molar-refractivity contribution in [3.05, 3.63) is 66.4 Å². The third-order valence-electron chi connectivity index (χ3n) is 6.13. The van der Waals surface area contributed by atoms with E-state index in [9.17, 15) is 13.2 Å². The normalized spacial score (nSPS) is 18.6. The summed E-state index contributed by atoms with van der Waals surface area (Å²) in [6.07, 6.45) is 7.11. The zero-order chi connectivity index (χ0) is 23.4. The van der Waals surface area contributed by atoms with Crippen LogP contribution in [-0.4, -0.2) is 35.7 Å². The lowest BCUT2D eigenvalue weighted by Gasteiger charge is -2.28. The Labute approximate surface area is 193 Å². The summed E-state index contributed by atoms with van der Waals surface area (Å²) in [5.41, 5.74) is 3.87. The molecule has 2 aromatic heterocycles. The van der Waals surface area contributed by atoms with Crippen molar-refractivity contribution < 1.29 is 18.3 Å². The van der Waals surface area contributed by atoms with Crippen molar-refractivity contribution in [2.75, 3.05) is 11.6 Å². The summed E-state index contributed by atoms with van der Waals surface area (Å²) in [7, 11) is -3.37. The van der Waals surface area contributed by atoms with E-state index < -0.39 is 15.8 Å². The van der Waals surface area contributed by atoms with Crippen molar-refractivity contribution in [3.63, 3.8) is 0 Å². The molecule has 1 aliphatic rings. The van der Waals surface area contributed by atoms with Crippen LogP contribution in [0.1, 0.15) is 43.6 Å². The van der Waals surface area contributed by atoms with Crippen LogP contribution >= 0.6 is 0 Å². The molecule has 172 valence electrons. The molecule has 0 spiro atoms. The summed E-state index contributed by atoms with van der Waals surface area (Å²) < 4.78 is 23.4. The number of aromatic nitrogens is 2. The maximum Gasteiger partial charge on any atom is 0.303 e. The van der Waals surface area contributed by atoms with E-state index in [-0.39, 0.29) is 11.4 Å². The maximum absolute atomic E-state index is 11.7. The smallest absolute Gasteiger partial charge is 0.303 e. The number of aliphatic carboxylic acids is 1. The fourth-order valence-corrected chi connectivity index (χ4v) is 4.94. The van der Waals surface area contributed by atoms with Crippen LogP contribution in [0.5, 0.6) is 0 Å². The molecule has 0 unspecified atom stereocenters. The second-order valence-corrected chi connectivity index (χ2v) is 10.6. The summed E-state index contributed by atoms with van der Waals surface area (Å²) in [5, 5.41) is 12.1. The van der Waals surface area contributed by atoms with Crippen LogP contribution < -0.4 is 5.32 Å². The molecular weight excluding hydrogens is 438 g/mol. The standard InChI is InChI=1S/C25H27N3O4S/c1-33(31,32)24-4-2-3-23(28-24)27-21-13-14-22(26-16-21)20-11-9-19(10-12-20)18-7-5-17(6-8-18)15-25(29)30/h2-4,9-14,16-18H,5-8,15H2,1H3,(H,27,28)(H,29,30). The summed E-state index contributed by atoms with van der Waals surface area (Å²) in [6, 6.07) is 17.1. The average Bonchev–Trinajstić information content (AvgIpc) is 2.80. The molecule has 1 fully saturated rings. The van der Waals surface area contributed by atoms with Crippen molar-refractivity contribution in [1.82, 2.24) is 9.97 Å². The Morgan fingerprint density at radius 3 is 2.36 bits per heavy atom. The molecule has 0 aliphatic heterocycles. The van der Waals surface area contributed by atoms with Gasteiger partial charge in [0, 0.05) is 18.2 Å². The van der Waals surface area contributed by atoms with Crippen molar-refractivity contribution >= 4 is 27.3 Å². The number of carboxylic acid groups (broad SMARTS) is 1. The van der Waals surface area contributed by atoms with Crippen LogP contribution in [0.25, 0.3) is 11.3 Å². The molecule has 1 saturated carbocycles. The Morgan fingerprint density at radius 2 is 1.76 bits per heavy atom. The first kappa shape index (κ1) is 22.9. The number of anilines is 2. The molecule has 33 heavy (non-hydrogen) atoms. The van der Waals surface area contributed by atoms with Gasteiger partial charge in [0.1, 0.15) is 5.82 Å². The fourth-order valence-electron chi connectivity index (χ4n) is 4.35. The highest BCUT2D eigenvalue weighted by atomic mass is 32.2. The van der Waals surface area contributed by atoms with E-state index in [4.69, 9.17) is 5.11 Å². The summed E-state index contributed by atoms with van der Waals surface area (Å²) in [6.45, 7) is 0. The Balaban J connectivity index is 1.39. The molecule has 2 N–H and O–H groups in total. The molecule has 3 aromatic rings. The number of hydrogen-bond acceptors (Lipinski definition) is 6. The lowest BCUT2D eigenvalue weighted by atomic mass is 9.77. The first-order valence-electron chi connectivity index (χ1n) is 11.0. The van der Waals surface area contributed by atoms with Crippen molar-refractivity contribution in [2.24, 2.45) is 5.92 Å². The Morgan fingerprint density at radius 1 is 1.03 bits per heavy atom. The third kappa shape index (κ3) is 5.96. The Hall–Kier alpha value is -3.26. The first-order chi connectivity index (χ1) is 15.8. The molecule has 0 atom stereocenters. The molecule has 0 saturated heterocycles. The molecule has 1 aromatic carbocycles. The average molecular weight is 466 g/mol. The van der Waals surface area contributed by atoms with E-state index in [1.54, 1.807) is 18.3 Å². The van der Waals surface area contributed by atoms with Crippen molar-refractivity contribution in [3.8, 4) is 11.3 Å². The van der Waals surface area contributed by atoms with Crippen molar-refractivity contribution in [1.29, 1.82) is 0 Å². The van der Waals surface area contributed by atoms with Gasteiger partial charge in [-0.05, 0) is 67.3 Å². The minimum absolute atomic E-state index is 0.0209. The molecule has 8 heteroatoms. The van der Waals surface area contributed by atoms with Crippen molar-refractivity contribution in [2.45, 2.75) is 43.0 Å². The second-order valence-electron chi connectivity index (χ2n) is 8.63. The Bertz CT molecular complexity index is 1220. The van der Waals surface area contributed by atoms with Gasteiger partial charge < -0.3 is 10.4 Å². The minimum Gasteiger partial charge on any atom is -0.481 e. The van der Waals surface area contributed by atoms with Crippen LogP contribution in [0.4, 0.5) is 11.5 Å². The van der Waals surface area contributed by atoms with E-state index >= 15 is 0 Å². The fraction of sp³-hybridized carbons (Fsp3) is 0.320. The quantitative estimate of drug-likeness (QED) is 0.503. The van der Waals surface area contributed by atoms with Crippen LogP contribution in [-0.2, 0) is 14.6 Å². The monoisotopic (exact) mass is 465 g/mol. The molecule has 0 radical (unpaired) electrons. The van der Waals surface area contributed by atoms with Gasteiger partial charge in [-0.1, -0.05) is 30.3 Å². The summed E-state index contributed by atoms with van der Waals surface area (Å²) in [5.74, 6) is 0.530. The number of carbonyl (C=O) groups is 1. The topological polar surface area (TPSA) is 109 Å². The number of benzene rings is 1. The van der Waals surface area contributed by atoms with Gasteiger partial charge in [0.05, 0.1) is 17.6 Å². The largest absolute Gasteiger partial charge is 0.481 e. The van der Waals surface area contributed by atoms with Crippen LogP contribution in [0.2, 0.25) is 0 Å².